The van der Waals surface area contributed by atoms with Crippen LogP contribution in [-0.2, 0) is 4.74 Å². The highest BCUT2D eigenvalue weighted by molar-refractivity contribution is 5.68. The monoisotopic (exact) mass is 335 g/mol. The number of likely N-dealkylation sites (tertiary alicyclic amines) is 1. The summed E-state index contributed by atoms with van der Waals surface area (Å²) in [5.74, 6) is 1.71. The Kier molecular flexibility index (Phi) is 6.35. The maximum absolute atomic E-state index is 12.1. The van der Waals surface area contributed by atoms with E-state index < -0.39 is 5.60 Å². The van der Waals surface area contributed by atoms with E-state index in [0.717, 1.165) is 37.4 Å². The van der Waals surface area contributed by atoms with Gasteiger partial charge in [-0.15, -0.1) is 0 Å². The summed E-state index contributed by atoms with van der Waals surface area (Å²) in [4.78, 5) is 13.8. The van der Waals surface area contributed by atoms with Gasteiger partial charge >= 0.3 is 6.09 Å². The van der Waals surface area contributed by atoms with E-state index in [9.17, 15) is 4.79 Å². The molecule has 1 fully saturated rings. The minimum atomic E-state index is -0.452. The Morgan fingerprint density at radius 1 is 1.12 bits per heavy atom. The van der Waals surface area contributed by atoms with E-state index in [2.05, 4.69) is 6.92 Å². The van der Waals surface area contributed by atoms with E-state index in [1.807, 2.05) is 45.0 Å². The average molecular weight is 335 g/mol. The molecule has 24 heavy (non-hydrogen) atoms. The van der Waals surface area contributed by atoms with Gasteiger partial charge in [0, 0.05) is 25.9 Å². The Morgan fingerprint density at radius 3 is 2.25 bits per heavy atom. The molecular weight excluding hydrogens is 306 g/mol. The van der Waals surface area contributed by atoms with E-state index in [1.165, 1.54) is 0 Å². The van der Waals surface area contributed by atoms with Crippen molar-refractivity contribution in [2.24, 2.45) is 0 Å². The molecule has 0 saturated carbocycles. The number of rotatable bonds is 5. The Bertz CT molecular complexity index is 513. The molecule has 0 spiro atoms. The van der Waals surface area contributed by atoms with Crippen LogP contribution in [0.5, 0.6) is 11.5 Å². The minimum absolute atomic E-state index is 0.131. The molecule has 0 atom stereocenters. The summed E-state index contributed by atoms with van der Waals surface area (Å²) in [6.45, 7) is 9.79. The van der Waals surface area contributed by atoms with Crippen molar-refractivity contribution in [1.82, 2.24) is 4.90 Å². The maximum Gasteiger partial charge on any atom is 0.410 e. The first kappa shape index (κ1) is 18.4. The van der Waals surface area contributed by atoms with Gasteiger partial charge in [-0.1, -0.05) is 6.92 Å². The van der Waals surface area contributed by atoms with Crippen LogP contribution in [0.2, 0.25) is 0 Å². The molecule has 0 N–H and O–H groups in total. The molecule has 1 amide bonds. The molecule has 1 aliphatic rings. The molecule has 134 valence electrons. The summed E-state index contributed by atoms with van der Waals surface area (Å²) in [5, 5.41) is 0. The van der Waals surface area contributed by atoms with Gasteiger partial charge in [-0.2, -0.15) is 0 Å². The van der Waals surface area contributed by atoms with Crippen molar-refractivity contribution < 1.29 is 19.0 Å². The third-order valence-corrected chi connectivity index (χ3v) is 3.69. The lowest BCUT2D eigenvalue weighted by atomic mass is 10.1. The lowest BCUT2D eigenvalue weighted by molar-refractivity contribution is 0.0126. The summed E-state index contributed by atoms with van der Waals surface area (Å²) < 4.78 is 17.0. The fourth-order valence-corrected chi connectivity index (χ4v) is 2.51. The number of ether oxygens (including phenoxy) is 3. The minimum Gasteiger partial charge on any atom is -0.494 e. The van der Waals surface area contributed by atoms with Crippen LogP contribution in [0.25, 0.3) is 0 Å². The van der Waals surface area contributed by atoms with Crippen LogP contribution in [0, 0.1) is 0 Å². The molecule has 1 heterocycles. The highest BCUT2D eigenvalue weighted by Crippen LogP contribution is 2.23. The van der Waals surface area contributed by atoms with Gasteiger partial charge < -0.3 is 19.1 Å². The fraction of sp³-hybridized carbons (Fsp3) is 0.632. The Hall–Kier alpha value is -1.91. The summed E-state index contributed by atoms with van der Waals surface area (Å²) in [6, 6.07) is 7.73. The standard InChI is InChI=1S/C19H29NO4/c1-5-14-22-15-6-8-16(9-7-15)23-17-10-12-20(13-11-17)18(21)24-19(2,3)4/h6-9,17H,5,10-14H2,1-4H3. The summed E-state index contributed by atoms with van der Waals surface area (Å²) >= 11 is 0. The van der Waals surface area contributed by atoms with Crippen molar-refractivity contribution in [2.45, 2.75) is 58.7 Å². The number of amides is 1. The number of benzene rings is 1. The zero-order chi connectivity index (χ0) is 17.6. The molecule has 5 heteroatoms. The van der Waals surface area contributed by atoms with Gasteiger partial charge in [0.1, 0.15) is 23.2 Å². The quantitative estimate of drug-likeness (QED) is 0.807. The van der Waals surface area contributed by atoms with Crippen molar-refractivity contribution in [2.75, 3.05) is 19.7 Å². The SMILES string of the molecule is CCCOc1ccc(OC2CCN(C(=O)OC(C)(C)C)CC2)cc1. The average Bonchev–Trinajstić information content (AvgIpc) is 2.53. The number of piperidine rings is 1. The second kappa shape index (κ2) is 8.27. The van der Waals surface area contributed by atoms with Gasteiger partial charge in [0.15, 0.2) is 0 Å². The van der Waals surface area contributed by atoms with Gasteiger partial charge in [0.2, 0.25) is 0 Å². The molecule has 1 aromatic carbocycles. The third-order valence-electron chi connectivity index (χ3n) is 3.69. The number of hydrogen-bond donors (Lipinski definition) is 0. The second-order valence-corrected chi connectivity index (χ2v) is 7.10. The van der Waals surface area contributed by atoms with Gasteiger partial charge in [-0.25, -0.2) is 4.79 Å². The highest BCUT2D eigenvalue weighted by atomic mass is 16.6. The van der Waals surface area contributed by atoms with Crippen molar-refractivity contribution >= 4 is 6.09 Å². The normalized spacial score (nSPS) is 15.9. The Morgan fingerprint density at radius 2 is 1.71 bits per heavy atom. The molecule has 5 nitrogen and oxygen atoms in total. The molecule has 0 unspecified atom stereocenters. The van der Waals surface area contributed by atoms with Gasteiger partial charge in [0.05, 0.1) is 6.61 Å². The zero-order valence-corrected chi connectivity index (χ0v) is 15.2. The zero-order valence-electron chi connectivity index (χ0n) is 15.2. The third kappa shape index (κ3) is 5.95. The van der Waals surface area contributed by atoms with Crippen molar-refractivity contribution in [3.63, 3.8) is 0 Å². The molecule has 0 aliphatic carbocycles. The van der Waals surface area contributed by atoms with Gasteiger partial charge in [-0.3, -0.25) is 0 Å². The van der Waals surface area contributed by atoms with Crippen LogP contribution in [0.1, 0.15) is 47.0 Å². The molecule has 0 radical (unpaired) electrons. The molecule has 1 aliphatic heterocycles. The predicted octanol–water partition coefficient (Wildman–Crippen LogP) is 4.25. The topological polar surface area (TPSA) is 48.0 Å². The largest absolute Gasteiger partial charge is 0.494 e. The maximum atomic E-state index is 12.1. The fourth-order valence-electron chi connectivity index (χ4n) is 2.51. The molecule has 1 aromatic rings. The molecule has 0 aromatic heterocycles. The van der Waals surface area contributed by atoms with Crippen LogP contribution in [0.4, 0.5) is 4.79 Å². The van der Waals surface area contributed by atoms with Crippen LogP contribution < -0.4 is 9.47 Å². The molecule has 1 saturated heterocycles. The van der Waals surface area contributed by atoms with Gasteiger partial charge in [-0.05, 0) is 51.5 Å². The summed E-state index contributed by atoms with van der Waals surface area (Å²) in [6.07, 6.45) is 2.51. The van der Waals surface area contributed by atoms with E-state index in [1.54, 1.807) is 4.90 Å². The Labute approximate surface area is 144 Å². The first-order valence-electron chi connectivity index (χ1n) is 8.75. The smallest absolute Gasteiger partial charge is 0.410 e. The van der Waals surface area contributed by atoms with E-state index in [4.69, 9.17) is 14.2 Å². The van der Waals surface area contributed by atoms with E-state index in [-0.39, 0.29) is 12.2 Å². The molecule has 0 bridgehead atoms. The van der Waals surface area contributed by atoms with Gasteiger partial charge in [0.25, 0.3) is 0 Å². The predicted molar refractivity (Wildman–Crippen MR) is 93.7 cm³/mol. The highest BCUT2D eigenvalue weighted by Gasteiger charge is 2.27. The lowest BCUT2D eigenvalue weighted by Gasteiger charge is -2.33. The first-order chi connectivity index (χ1) is 11.4. The summed E-state index contributed by atoms with van der Waals surface area (Å²) in [5.41, 5.74) is -0.452. The lowest BCUT2D eigenvalue weighted by Crippen LogP contribution is -2.44. The number of carbonyl (C=O) groups is 1. The van der Waals surface area contributed by atoms with E-state index >= 15 is 0 Å². The first-order valence-corrected chi connectivity index (χ1v) is 8.75. The summed E-state index contributed by atoms with van der Waals surface area (Å²) in [7, 11) is 0. The van der Waals surface area contributed by atoms with Crippen LogP contribution in [0.3, 0.4) is 0 Å². The molecular formula is C19H29NO4. The van der Waals surface area contributed by atoms with Crippen LogP contribution in [0.15, 0.2) is 24.3 Å². The number of nitrogens with zero attached hydrogens (tertiary/aromatic N) is 1. The van der Waals surface area contributed by atoms with Crippen LogP contribution >= 0.6 is 0 Å². The second-order valence-electron chi connectivity index (χ2n) is 7.10. The van der Waals surface area contributed by atoms with Crippen molar-refractivity contribution in [3.05, 3.63) is 24.3 Å². The number of carbonyl (C=O) groups excluding carboxylic acids is 1. The Balaban J connectivity index is 1.77. The van der Waals surface area contributed by atoms with E-state index in [0.29, 0.717) is 13.1 Å². The van der Waals surface area contributed by atoms with Crippen molar-refractivity contribution in [1.29, 1.82) is 0 Å². The van der Waals surface area contributed by atoms with Crippen LogP contribution in [-0.4, -0.2) is 42.4 Å². The number of hydrogen-bond acceptors (Lipinski definition) is 4. The van der Waals surface area contributed by atoms with Crippen molar-refractivity contribution in [3.8, 4) is 11.5 Å². The molecule has 2 rings (SSSR count).